The van der Waals surface area contributed by atoms with Gasteiger partial charge in [0.15, 0.2) is 0 Å². The molecule has 0 spiro atoms. The largest absolute Gasteiger partial charge is 0.496 e. The smallest absolute Gasteiger partial charge is 0.303 e. The van der Waals surface area contributed by atoms with Gasteiger partial charge in [-0.25, -0.2) is 0 Å². The second-order valence-electron chi connectivity index (χ2n) is 4.26. The number of carboxylic acid groups (broad SMARTS) is 1. The number of ether oxygens (including phenoxy) is 2. The minimum atomic E-state index is -0.817. The number of carbonyl (C=O) groups is 1. The molecule has 1 aromatic rings. The summed E-state index contributed by atoms with van der Waals surface area (Å²) in [5.74, 6) is 0.576. The lowest BCUT2D eigenvalue weighted by atomic mass is 9.94. The van der Waals surface area contributed by atoms with Crippen LogP contribution in [-0.4, -0.2) is 25.3 Å². The molecule has 100 valence electrons. The number of aliphatic carboxylic acids is 1. The molecule has 18 heavy (non-hydrogen) atoms. The molecule has 0 amide bonds. The maximum atomic E-state index is 10.8. The van der Waals surface area contributed by atoms with E-state index in [0.29, 0.717) is 0 Å². The van der Waals surface area contributed by atoms with Crippen LogP contribution in [0.3, 0.4) is 0 Å². The summed E-state index contributed by atoms with van der Waals surface area (Å²) in [6.07, 6.45) is 0.915. The van der Waals surface area contributed by atoms with Crippen molar-refractivity contribution in [1.82, 2.24) is 0 Å². The SMILES string of the molecule is CCc1cc(OC)c(C(C)CC(=O)O)cc1OC. The summed E-state index contributed by atoms with van der Waals surface area (Å²) in [4.78, 5) is 10.8. The van der Waals surface area contributed by atoms with Gasteiger partial charge in [-0.2, -0.15) is 0 Å². The highest BCUT2D eigenvalue weighted by Gasteiger charge is 2.17. The van der Waals surface area contributed by atoms with E-state index in [0.717, 1.165) is 29.0 Å². The topological polar surface area (TPSA) is 55.8 Å². The number of hydrogen-bond acceptors (Lipinski definition) is 3. The third kappa shape index (κ3) is 3.15. The molecule has 1 N–H and O–H groups in total. The summed E-state index contributed by atoms with van der Waals surface area (Å²) in [6, 6.07) is 3.80. The first-order valence-corrected chi connectivity index (χ1v) is 6.00. The molecule has 0 aliphatic carbocycles. The second kappa shape index (κ2) is 6.28. The van der Waals surface area contributed by atoms with Crippen LogP contribution >= 0.6 is 0 Å². The molecule has 0 aliphatic heterocycles. The molecule has 0 aromatic heterocycles. The Balaban J connectivity index is 3.20. The van der Waals surface area contributed by atoms with Crippen LogP contribution in [0, 0.1) is 0 Å². The summed E-state index contributed by atoms with van der Waals surface area (Å²) in [5.41, 5.74) is 1.93. The minimum absolute atomic E-state index is 0.0744. The lowest BCUT2D eigenvalue weighted by Gasteiger charge is -2.17. The summed E-state index contributed by atoms with van der Waals surface area (Å²) in [5, 5.41) is 8.86. The van der Waals surface area contributed by atoms with E-state index < -0.39 is 5.97 Å². The highest BCUT2D eigenvalue weighted by molar-refractivity contribution is 5.68. The first-order valence-electron chi connectivity index (χ1n) is 6.00. The maximum Gasteiger partial charge on any atom is 0.303 e. The van der Waals surface area contributed by atoms with Crippen LogP contribution in [0.25, 0.3) is 0 Å². The summed E-state index contributed by atoms with van der Waals surface area (Å²) >= 11 is 0. The highest BCUT2D eigenvalue weighted by atomic mass is 16.5. The van der Waals surface area contributed by atoms with Crippen molar-refractivity contribution in [3.05, 3.63) is 23.3 Å². The Morgan fingerprint density at radius 3 is 2.33 bits per heavy atom. The Kier molecular flexibility index (Phi) is 5.01. The zero-order valence-electron chi connectivity index (χ0n) is 11.3. The fourth-order valence-corrected chi connectivity index (χ4v) is 2.02. The van der Waals surface area contributed by atoms with E-state index in [9.17, 15) is 4.79 Å². The van der Waals surface area contributed by atoms with E-state index in [2.05, 4.69) is 0 Å². The molecule has 1 atom stereocenters. The van der Waals surface area contributed by atoms with E-state index in [-0.39, 0.29) is 12.3 Å². The number of hydrogen-bond donors (Lipinski definition) is 1. The average molecular weight is 252 g/mol. The molecule has 4 heteroatoms. The first-order chi connectivity index (χ1) is 8.53. The second-order valence-corrected chi connectivity index (χ2v) is 4.26. The third-order valence-electron chi connectivity index (χ3n) is 3.03. The van der Waals surface area contributed by atoms with Crippen molar-refractivity contribution in [3.63, 3.8) is 0 Å². The van der Waals surface area contributed by atoms with Crippen LogP contribution in [0.5, 0.6) is 11.5 Å². The van der Waals surface area contributed by atoms with Crippen LogP contribution in [0.1, 0.15) is 37.3 Å². The molecule has 4 nitrogen and oxygen atoms in total. The van der Waals surface area contributed by atoms with Gasteiger partial charge < -0.3 is 14.6 Å². The number of aryl methyl sites for hydroxylation is 1. The highest BCUT2D eigenvalue weighted by Crippen LogP contribution is 2.35. The van der Waals surface area contributed by atoms with Gasteiger partial charge in [0.2, 0.25) is 0 Å². The van der Waals surface area contributed by atoms with Crippen LogP contribution in [0.4, 0.5) is 0 Å². The zero-order chi connectivity index (χ0) is 13.7. The number of carboxylic acids is 1. The summed E-state index contributed by atoms with van der Waals surface area (Å²) in [6.45, 7) is 3.91. The maximum absolute atomic E-state index is 10.8. The predicted molar refractivity (Wildman–Crippen MR) is 69.6 cm³/mol. The van der Waals surface area contributed by atoms with Gasteiger partial charge in [-0.05, 0) is 30.0 Å². The van der Waals surface area contributed by atoms with Gasteiger partial charge in [-0.15, -0.1) is 0 Å². The van der Waals surface area contributed by atoms with Gasteiger partial charge in [0.1, 0.15) is 11.5 Å². The Labute approximate surface area is 108 Å². The lowest BCUT2D eigenvalue weighted by Crippen LogP contribution is -2.06. The fourth-order valence-electron chi connectivity index (χ4n) is 2.02. The number of rotatable bonds is 6. The van der Waals surface area contributed by atoms with E-state index >= 15 is 0 Å². The van der Waals surface area contributed by atoms with Crippen molar-refractivity contribution in [3.8, 4) is 11.5 Å². The quantitative estimate of drug-likeness (QED) is 0.845. The van der Waals surface area contributed by atoms with Crippen molar-refractivity contribution >= 4 is 5.97 Å². The van der Waals surface area contributed by atoms with Gasteiger partial charge in [-0.3, -0.25) is 4.79 Å². The molecular weight excluding hydrogens is 232 g/mol. The predicted octanol–water partition coefficient (Wildman–Crippen LogP) is 2.84. The molecule has 0 fully saturated rings. The molecule has 0 saturated carbocycles. The average Bonchev–Trinajstić information content (AvgIpc) is 2.36. The summed E-state index contributed by atoms with van der Waals surface area (Å²) < 4.78 is 10.7. The normalized spacial score (nSPS) is 12.0. The van der Waals surface area contributed by atoms with E-state index in [4.69, 9.17) is 14.6 Å². The van der Waals surface area contributed by atoms with Crippen molar-refractivity contribution in [1.29, 1.82) is 0 Å². The van der Waals surface area contributed by atoms with Crippen LogP contribution < -0.4 is 9.47 Å². The van der Waals surface area contributed by atoms with E-state index in [1.165, 1.54) is 0 Å². The van der Waals surface area contributed by atoms with Crippen LogP contribution in [0.15, 0.2) is 12.1 Å². The Morgan fingerprint density at radius 2 is 1.89 bits per heavy atom. The number of methoxy groups -OCH3 is 2. The van der Waals surface area contributed by atoms with Crippen LogP contribution in [-0.2, 0) is 11.2 Å². The Bertz CT molecular complexity index is 426. The molecule has 0 aliphatic rings. The Morgan fingerprint density at radius 1 is 1.28 bits per heavy atom. The van der Waals surface area contributed by atoms with Crippen LogP contribution in [0.2, 0.25) is 0 Å². The van der Waals surface area contributed by atoms with Gasteiger partial charge in [0, 0.05) is 5.56 Å². The van der Waals surface area contributed by atoms with Gasteiger partial charge in [0.25, 0.3) is 0 Å². The molecule has 0 saturated heterocycles. The minimum Gasteiger partial charge on any atom is -0.496 e. The fraction of sp³-hybridized carbons (Fsp3) is 0.500. The number of benzene rings is 1. The van der Waals surface area contributed by atoms with Crippen molar-refractivity contribution in [2.75, 3.05) is 14.2 Å². The summed E-state index contributed by atoms with van der Waals surface area (Å²) in [7, 11) is 3.21. The van der Waals surface area contributed by atoms with Gasteiger partial charge in [-0.1, -0.05) is 13.8 Å². The molecule has 1 rings (SSSR count). The molecule has 0 bridgehead atoms. The van der Waals surface area contributed by atoms with Gasteiger partial charge >= 0.3 is 5.97 Å². The standard InChI is InChI=1S/C14H20O4/c1-5-10-7-13(18-4)11(8-12(10)17-3)9(2)6-14(15)16/h7-9H,5-6H2,1-4H3,(H,15,16). The third-order valence-corrected chi connectivity index (χ3v) is 3.03. The van der Waals surface area contributed by atoms with E-state index in [1.54, 1.807) is 14.2 Å². The Hall–Kier alpha value is -1.71. The molecular formula is C14H20O4. The molecule has 0 radical (unpaired) electrons. The van der Waals surface area contributed by atoms with Crippen molar-refractivity contribution in [2.24, 2.45) is 0 Å². The molecule has 0 heterocycles. The van der Waals surface area contributed by atoms with Crippen molar-refractivity contribution < 1.29 is 19.4 Å². The lowest BCUT2D eigenvalue weighted by molar-refractivity contribution is -0.137. The zero-order valence-corrected chi connectivity index (χ0v) is 11.3. The van der Waals surface area contributed by atoms with Crippen molar-refractivity contribution in [2.45, 2.75) is 32.6 Å². The monoisotopic (exact) mass is 252 g/mol. The molecule has 1 aromatic carbocycles. The van der Waals surface area contributed by atoms with E-state index in [1.807, 2.05) is 26.0 Å². The van der Waals surface area contributed by atoms with Gasteiger partial charge in [0.05, 0.1) is 20.6 Å². The first kappa shape index (κ1) is 14.4. The molecule has 1 unspecified atom stereocenters.